The third-order valence-electron chi connectivity index (χ3n) is 2.17. The summed E-state index contributed by atoms with van der Waals surface area (Å²) in [6, 6.07) is -1.32. The maximum Gasteiger partial charge on any atom is 0.327 e. The average molecular weight is 242 g/mol. The van der Waals surface area contributed by atoms with Gasteiger partial charge in [-0.1, -0.05) is 0 Å². The molecule has 0 aromatic heterocycles. The number of carbonyl (C=O) groups is 2. The Labute approximate surface area is 98.4 Å². The maximum atomic E-state index is 11.7. The topological polar surface area (TPSA) is 78.4 Å². The molecular formula is C10H14N2O3S. The summed E-state index contributed by atoms with van der Waals surface area (Å²) >= 11 is 1.67. The summed E-state index contributed by atoms with van der Waals surface area (Å²) in [4.78, 5) is 22.4. The summed E-state index contributed by atoms with van der Waals surface area (Å²) in [6.45, 7) is 0.760. The normalized spacial score (nSPS) is 21.8. The van der Waals surface area contributed by atoms with Crippen molar-refractivity contribution >= 4 is 23.6 Å². The van der Waals surface area contributed by atoms with E-state index in [0.717, 1.165) is 12.3 Å². The van der Waals surface area contributed by atoms with Crippen molar-refractivity contribution in [2.75, 3.05) is 18.1 Å². The van der Waals surface area contributed by atoms with E-state index in [4.69, 9.17) is 11.5 Å². The van der Waals surface area contributed by atoms with Crippen molar-refractivity contribution in [2.24, 2.45) is 0 Å². The molecule has 5 nitrogen and oxygen atoms in total. The fourth-order valence-corrected chi connectivity index (χ4v) is 2.26. The second-order valence-electron chi connectivity index (χ2n) is 3.39. The third kappa shape index (κ3) is 3.76. The number of rotatable bonds is 4. The molecule has 0 aromatic carbocycles. The number of thioether (sulfide) groups is 1. The molecule has 1 fully saturated rings. The Bertz CT molecular complexity index is 308. The third-order valence-corrected chi connectivity index (χ3v) is 3.24. The molecule has 1 amide bonds. The van der Waals surface area contributed by atoms with Crippen molar-refractivity contribution in [1.29, 1.82) is 0 Å². The first-order valence-electron chi connectivity index (χ1n) is 4.93. The van der Waals surface area contributed by atoms with E-state index in [9.17, 15) is 9.59 Å². The van der Waals surface area contributed by atoms with E-state index in [-0.39, 0.29) is 18.4 Å². The molecule has 1 saturated heterocycles. The Balaban J connectivity index is 2.47. The highest BCUT2D eigenvalue weighted by atomic mass is 32.2. The first kappa shape index (κ1) is 12.9. The Morgan fingerprint density at radius 1 is 1.69 bits per heavy atom. The quantitative estimate of drug-likeness (QED) is 0.567. The molecule has 6 heteroatoms. The highest BCUT2D eigenvalue weighted by Crippen LogP contribution is 2.07. The molecule has 0 bridgehead atoms. The molecule has 0 saturated carbocycles. The molecule has 1 aliphatic heterocycles. The summed E-state index contributed by atoms with van der Waals surface area (Å²) < 4.78 is 0. The number of carbonyl (C=O) groups excluding carboxylic acids is 1. The first-order valence-corrected chi connectivity index (χ1v) is 6.08. The first-order chi connectivity index (χ1) is 7.65. The SMILES string of the molecule is C#CCC(NC(=O)C1CSCCN1)C(=O)O. The summed E-state index contributed by atoms with van der Waals surface area (Å²) in [5, 5.41) is 14.3. The van der Waals surface area contributed by atoms with E-state index in [2.05, 4.69) is 16.6 Å². The lowest BCUT2D eigenvalue weighted by atomic mass is 10.2. The van der Waals surface area contributed by atoms with Crippen LogP contribution in [0.25, 0.3) is 0 Å². The van der Waals surface area contributed by atoms with Crippen LogP contribution in [0, 0.1) is 12.3 Å². The van der Waals surface area contributed by atoms with E-state index in [1.54, 1.807) is 11.8 Å². The van der Waals surface area contributed by atoms with Gasteiger partial charge in [-0.05, 0) is 0 Å². The molecule has 1 heterocycles. The zero-order valence-electron chi connectivity index (χ0n) is 8.73. The number of terminal acetylenes is 1. The van der Waals surface area contributed by atoms with Gasteiger partial charge in [-0.3, -0.25) is 4.79 Å². The van der Waals surface area contributed by atoms with E-state index in [0.29, 0.717) is 5.75 Å². The molecule has 0 aliphatic carbocycles. The zero-order chi connectivity index (χ0) is 12.0. The molecule has 2 unspecified atom stereocenters. The van der Waals surface area contributed by atoms with Gasteiger partial charge in [-0.15, -0.1) is 12.3 Å². The van der Waals surface area contributed by atoms with E-state index >= 15 is 0 Å². The summed E-state index contributed by atoms with van der Waals surface area (Å²) in [7, 11) is 0. The van der Waals surface area contributed by atoms with Gasteiger partial charge < -0.3 is 15.7 Å². The highest BCUT2D eigenvalue weighted by Gasteiger charge is 2.25. The minimum Gasteiger partial charge on any atom is -0.480 e. The zero-order valence-corrected chi connectivity index (χ0v) is 9.55. The number of nitrogens with one attached hydrogen (secondary N) is 2. The van der Waals surface area contributed by atoms with Gasteiger partial charge in [0.05, 0.1) is 6.04 Å². The van der Waals surface area contributed by atoms with Crippen LogP contribution in [0.4, 0.5) is 0 Å². The second kappa shape index (κ2) is 6.40. The van der Waals surface area contributed by atoms with Crippen LogP contribution in [-0.4, -0.2) is 47.1 Å². The molecule has 0 spiro atoms. The number of hydrogen-bond acceptors (Lipinski definition) is 4. The Morgan fingerprint density at radius 2 is 2.44 bits per heavy atom. The molecule has 16 heavy (non-hydrogen) atoms. The Hall–Kier alpha value is -1.19. The summed E-state index contributed by atoms with van der Waals surface area (Å²) in [5.41, 5.74) is 0. The molecule has 1 aliphatic rings. The van der Waals surface area contributed by atoms with Crippen molar-refractivity contribution in [3.8, 4) is 12.3 Å². The smallest absolute Gasteiger partial charge is 0.327 e. The monoisotopic (exact) mass is 242 g/mol. The van der Waals surface area contributed by atoms with Gasteiger partial charge >= 0.3 is 5.97 Å². The van der Waals surface area contributed by atoms with Crippen LogP contribution in [0.1, 0.15) is 6.42 Å². The van der Waals surface area contributed by atoms with Gasteiger partial charge in [-0.25, -0.2) is 4.79 Å². The van der Waals surface area contributed by atoms with Gasteiger partial charge in [-0.2, -0.15) is 11.8 Å². The van der Waals surface area contributed by atoms with Gasteiger partial charge in [0.1, 0.15) is 6.04 Å². The molecule has 88 valence electrons. The van der Waals surface area contributed by atoms with Crippen LogP contribution in [0.15, 0.2) is 0 Å². The summed E-state index contributed by atoms with van der Waals surface area (Å²) in [6.07, 6.45) is 5.04. The Morgan fingerprint density at radius 3 is 2.94 bits per heavy atom. The number of carboxylic acid groups (broad SMARTS) is 1. The van der Waals surface area contributed by atoms with Crippen LogP contribution >= 0.6 is 11.8 Å². The Kier molecular flexibility index (Phi) is 5.15. The molecule has 0 radical (unpaired) electrons. The fraction of sp³-hybridized carbons (Fsp3) is 0.600. The number of hydrogen-bond donors (Lipinski definition) is 3. The van der Waals surface area contributed by atoms with Gasteiger partial charge in [0, 0.05) is 24.5 Å². The predicted molar refractivity (Wildman–Crippen MR) is 62.1 cm³/mol. The lowest BCUT2D eigenvalue weighted by molar-refractivity contribution is -0.141. The minimum absolute atomic E-state index is 0.000929. The number of amides is 1. The summed E-state index contributed by atoms with van der Waals surface area (Å²) in [5.74, 6) is 2.47. The molecular weight excluding hydrogens is 228 g/mol. The molecule has 3 N–H and O–H groups in total. The lowest BCUT2D eigenvalue weighted by Crippen LogP contribution is -2.53. The van der Waals surface area contributed by atoms with Crippen molar-refractivity contribution in [3.05, 3.63) is 0 Å². The highest BCUT2D eigenvalue weighted by molar-refractivity contribution is 7.99. The molecule has 0 aromatic rings. The van der Waals surface area contributed by atoms with E-state index in [1.807, 2.05) is 0 Å². The van der Waals surface area contributed by atoms with Crippen molar-refractivity contribution in [2.45, 2.75) is 18.5 Å². The number of aliphatic carboxylic acids is 1. The van der Waals surface area contributed by atoms with E-state index < -0.39 is 12.0 Å². The van der Waals surface area contributed by atoms with Crippen LogP contribution < -0.4 is 10.6 Å². The average Bonchev–Trinajstić information content (AvgIpc) is 2.29. The van der Waals surface area contributed by atoms with Crippen molar-refractivity contribution in [3.63, 3.8) is 0 Å². The van der Waals surface area contributed by atoms with Crippen molar-refractivity contribution < 1.29 is 14.7 Å². The molecule has 1 rings (SSSR count). The van der Waals surface area contributed by atoms with Crippen LogP contribution in [-0.2, 0) is 9.59 Å². The van der Waals surface area contributed by atoms with Gasteiger partial charge in [0.2, 0.25) is 5.91 Å². The minimum atomic E-state index is -1.10. The van der Waals surface area contributed by atoms with Crippen molar-refractivity contribution in [1.82, 2.24) is 10.6 Å². The van der Waals surface area contributed by atoms with Crippen LogP contribution in [0.5, 0.6) is 0 Å². The van der Waals surface area contributed by atoms with E-state index in [1.165, 1.54) is 0 Å². The van der Waals surface area contributed by atoms with Crippen LogP contribution in [0.2, 0.25) is 0 Å². The maximum absolute atomic E-state index is 11.7. The predicted octanol–water partition coefficient (Wildman–Crippen LogP) is -0.716. The standard InChI is InChI=1S/C10H14N2O3S/c1-2-3-7(10(14)15)12-9(13)8-6-16-5-4-11-8/h1,7-8,11H,3-6H2,(H,12,13)(H,14,15). The van der Waals surface area contributed by atoms with Gasteiger partial charge in [0.25, 0.3) is 0 Å². The van der Waals surface area contributed by atoms with Gasteiger partial charge in [0.15, 0.2) is 0 Å². The number of carboxylic acids is 1. The largest absolute Gasteiger partial charge is 0.480 e. The second-order valence-corrected chi connectivity index (χ2v) is 4.54. The lowest BCUT2D eigenvalue weighted by Gasteiger charge is -2.23. The molecule has 2 atom stereocenters. The van der Waals surface area contributed by atoms with Crippen LogP contribution in [0.3, 0.4) is 0 Å². The fourth-order valence-electron chi connectivity index (χ4n) is 1.32.